The van der Waals surface area contributed by atoms with Gasteiger partial charge in [-0.2, -0.15) is 5.10 Å². The lowest BCUT2D eigenvalue weighted by atomic mass is 10.1. The summed E-state index contributed by atoms with van der Waals surface area (Å²) in [6, 6.07) is 10.5. The fourth-order valence-electron chi connectivity index (χ4n) is 3.34. The number of nitrogens with one attached hydrogen (secondary N) is 1. The number of carbonyl (C=O) groups excluding carboxylic acids is 1. The summed E-state index contributed by atoms with van der Waals surface area (Å²) in [6.07, 6.45) is 4.67. The van der Waals surface area contributed by atoms with Crippen molar-refractivity contribution >= 4 is 11.7 Å². The first kappa shape index (κ1) is 17.5. The van der Waals surface area contributed by atoms with E-state index in [4.69, 9.17) is 0 Å². The van der Waals surface area contributed by atoms with Gasteiger partial charge >= 0.3 is 6.03 Å². The molecule has 134 valence electrons. The van der Waals surface area contributed by atoms with Crippen LogP contribution in [0.4, 0.5) is 10.5 Å². The number of urea groups is 1. The Morgan fingerprint density at radius 1 is 1.36 bits per heavy atom. The Morgan fingerprint density at radius 2 is 2.16 bits per heavy atom. The molecule has 1 aromatic carbocycles. The van der Waals surface area contributed by atoms with Gasteiger partial charge in [0.15, 0.2) is 0 Å². The monoisotopic (exact) mass is 341 g/mol. The second kappa shape index (κ2) is 8.16. The van der Waals surface area contributed by atoms with E-state index in [1.165, 1.54) is 5.56 Å². The molecule has 1 N–H and O–H groups in total. The summed E-state index contributed by atoms with van der Waals surface area (Å²) in [5.74, 6) is 0.526. The van der Waals surface area contributed by atoms with Gasteiger partial charge in [0.05, 0.1) is 11.9 Å². The van der Waals surface area contributed by atoms with Gasteiger partial charge in [0.1, 0.15) is 0 Å². The summed E-state index contributed by atoms with van der Waals surface area (Å²) in [5.41, 5.74) is 2.10. The fraction of sp³-hybridized carbons (Fsp3) is 0.474. The third-order valence-corrected chi connectivity index (χ3v) is 4.71. The van der Waals surface area contributed by atoms with Crippen LogP contribution in [0, 0.1) is 5.92 Å². The predicted molar refractivity (Wildman–Crippen MR) is 99.4 cm³/mol. The minimum absolute atomic E-state index is 0.0721. The van der Waals surface area contributed by atoms with Crippen molar-refractivity contribution in [3.8, 4) is 0 Å². The number of rotatable bonds is 6. The molecule has 0 unspecified atom stereocenters. The largest absolute Gasteiger partial charge is 0.327 e. The van der Waals surface area contributed by atoms with Crippen molar-refractivity contribution in [3.05, 3.63) is 48.3 Å². The first-order chi connectivity index (χ1) is 12.1. The zero-order valence-electron chi connectivity index (χ0n) is 15.1. The van der Waals surface area contributed by atoms with Crippen LogP contribution in [0.5, 0.6) is 0 Å². The van der Waals surface area contributed by atoms with E-state index in [0.29, 0.717) is 5.92 Å². The number of aromatic nitrogens is 2. The Kier molecular flexibility index (Phi) is 5.71. The highest BCUT2D eigenvalue weighted by Crippen LogP contribution is 2.19. The fourth-order valence-corrected chi connectivity index (χ4v) is 3.34. The van der Waals surface area contributed by atoms with Crippen molar-refractivity contribution in [1.82, 2.24) is 19.6 Å². The Morgan fingerprint density at radius 3 is 2.88 bits per heavy atom. The Balaban J connectivity index is 1.45. The average Bonchev–Trinajstić information content (AvgIpc) is 3.25. The van der Waals surface area contributed by atoms with E-state index in [0.717, 1.165) is 44.8 Å². The minimum atomic E-state index is -0.0721. The van der Waals surface area contributed by atoms with Gasteiger partial charge in [0, 0.05) is 39.4 Å². The molecule has 1 aliphatic heterocycles. The topological polar surface area (TPSA) is 53.4 Å². The van der Waals surface area contributed by atoms with Gasteiger partial charge in [0.2, 0.25) is 0 Å². The summed E-state index contributed by atoms with van der Waals surface area (Å²) in [5, 5.41) is 7.09. The van der Waals surface area contributed by atoms with Gasteiger partial charge in [-0.3, -0.25) is 9.58 Å². The summed E-state index contributed by atoms with van der Waals surface area (Å²) in [7, 11) is 1.86. The van der Waals surface area contributed by atoms with Crippen LogP contribution in [-0.4, -0.2) is 52.3 Å². The molecule has 0 aliphatic carbocycles. The zero-order chi connectivity index (χ0) is 17.6. The molecule has 0 radical (unpaired) electrons. The van der Waals surface area contributed by atoms with Crippen LogP contribution in [0.1, 0.15) is 18.9 Å². The SMILES string of the molecule is CCn1cc(NC(=O)N(C)C[C@@H]2CCN(Cc3ccccc3)C2)cn1. The zero-order valence-corrected chi connectivity index (χ0v) is 15.1. The number of nitrogens with zero attached hydrogens (tertiary/aromatic N) is 4. The highest BCUT2D eigenvalue weighted by molar-refractivity contribution is 5.88. The van der Waals surface area contributed by atoms with Crippen molar-refractivity contribution in [2.75, 3.05) is 32.0 Å². The molecule has 0 spiro atoms. The van der Waals surface area contributed by atoms with Crippen LogP contribution in [0.25, 0.3) is 0 Å². The van der Waals surface area contributed by atoms with Gasteiger partial charge in [-0.1, -0.05) is 30.3 Å². The van der Waals surface area contributed by atoms with E-state index in [2.05, 4.69) is 39.6 Å². The first-order valence-electron chi connectivity index (χ1n) is 8.95. The molecular formula is C19H27N5O. The number of hydrogen-bond acceptors (Lipinski definition) is 3. The molecule has 2 amide bonds. The van der Waals surface area contributed by atoms with Crippen molar-refractivity contribution in [3.63, 3.8) is 0 Å². The highest BCUT2D eigenvalue weighted by Gasteiger charge is 2.25. The van der Waals surface area contributed by atoms with E-state index in [-0.39, 0.29) is 6.03 Å². The molecule has 25 heavy (non-hydrogen) atoms. The van der Waals surface area contributed by atoms with Gasteiger partial charge in [0.25, 0.3) is 0 Å². The smallest absolute Gasteiger partial charge is 0.321 e. The van der Waals surface area contributed by atoms with Crippen LogP contribution in [0.3, 0.4) is 0 Å². The maximum Gasteiger partial charge on any atom is 0.321 e. The first-order valence-corrected chi connectivity index (χ1v) is 8.95. The third kappa shape index (κ3) is 4.82. The molecular weight excluding hydrogens is 314 g/mol. The molecule has 1 aromatic heterocycles. The normalized spacial score (nSPS) is 17.6. The number of carbonyl (C=O) groups is 1. The Bertz CT molecular complexity index is 684. The van der Waals surface area contributed by atoms with Crippen LogP contribution in [0.15, 0.2) is 42.7 Å². The highest BCUT2D eigenvalue weighted by atomic mass is 16.2. The maximum atomic E-state index is 12.3. The molecule has 6 heteroatoms. The summed E-state index contributed by atoms with van der Waals surface area (Å²) in [6.45, 7) is 6.72. The van der Waals surface area contributed by atoms with Gasteiger partial charge < -0.3 is 10.2 Å². The lowest BCUT2D eigenvalue weighted by Crippen LogP contribution is -2.36. The molecule has 6 nitrogen and oxygen atoms in total. The van der Waals surface area contributed by atoms with Crippen LogP contribution in [-0.2, 0) is 13.1 Å². The van der Waals surface area contributed by atoms with E-state index in [1.54, 1.807) is 15.8 Å². The predicted octanol–water partition coefficient (Wildman–Crippen LogP) is 2.89. The second-order valence-corrected chi connectivity index (χ2v) is 6.77. The lowest BCUT2D eigenvalue weighted by molar-refractivity contribution is 0.212. The molecule has 0 saturated carbocycles. The number of benzene rings is 1. The number of likely N-dealkylation sites (tertiary alicyclic amines) is 1. The van der Waals surface area contributed by atoms with Crippen molar-refractivity contribution in [1.29, 1.82) is 0 Å². The van der Waals surface area contributed by atoms with E-state index >= 15 is 0 Å². The molecule has 1 fully saturated rings. The van der Waals surface area contributed by atoms with Gasteiger partial charge in [-0.05, 0) is 31.4 Å². The molecule has 1 atom stereocenters. The third-order valence-electron chi connectivity index (χ3n) is 4.71. The summed E-state index contributed by atoms with van der Waals surface area (Å²) < 4.78 is 1.80. The molecule has 3 rings (SSSR count). The number of hydrogen-bond donors (Lipinski definition) is 1. The van der Waals surface area contributed by atoms with Crippen LogP contribution >= 0.6 is 0 Å². The number of amides is 2. The number of aryl methyl sites for hydroxylation is 1. The summed E-state index contributed by atoms with van der Waals surface area (Å²) >= 11 is 0. The lowest BCUT2D eigenvalue weighted by Gasteiger charge is -2.22. The van der Waals surface area contributed by atoms with Gasteiger partial charge in [-0.15, -0.1) is 0 Å². The second-order valence-electron chi connectivity index (χ2n) is 6.77. The van der Waals surface area contributed by atoms with E-state index in [9.17, 15) is 4.79 Å². The molecule has 1 saturated heterocycles. The minimum Gasteiger partial charge on any atom is -0.327 e. The van der Waals surface area contributed by atoms with Crippen LogP contribution < -0.4 is 5.32 Å². The molecule has 2 heterocycles. The molecule has 0 bridgehead atoms. The Labute approximate surface area is 149 Å². The van der Waals surface area contributed by atoms with Gasteiger partial charge in [-0.25, -0.2) is 4.79 Å². The summed E-state index contributed by atoms with van der Waals surface area (Å²) in [4.78, 5) is 16.6. The quantitative estimate of drug-likeness (QED) is 0.879. The number of anilines is 1. The maximum absolute atomic E-state index is 12.3. The molecule has 1 aliphatic rings. The van der Waals surface area contributed by atoms with Crippen LogP contribution in [0.2, 0.25) is 0 Å². The van der Waals surface area contributed by atoms with E-state index < -0.39 is 0 Å². The average molecular weight is 341 g/mol. The standard InChI is InChI=1S/C19H27N5O/c1-3-24-15-18(11-20-24)21-19(25)22(2)12-17-9-10-23(14-17)13-16-7-5-4-6-8-16/h4-8,11,15,17H,3,9-10,12-14H2,1-2H3,(H,21,25)/t17-/m0/s1. The molecule has 2 aromatic rings. The van der Waals surface area contributed by atoms with Crippen molar-refractivity contribution in [2.24, 2.45) is 5.92 Å². The van der Waals surface area contributed by atoms with E-state index in [1.807, 2.05) is 26.2 Å². The Hall–Kier alpha value is -2.34. The van der Waals surface area contributed by atoms with Crippen molar-refractivity contribution < 1.29 is 4.79 Å². The van der Waals surface area contributed by atoms with Crippen molar-refractivity contribution in [2.45, 2.75) is 26.4 Å².